The minimum absolute atomic E-state index is 0.0135. The maximum Gasteiger partial charge on any atom is 0.336 e. The van der Waals surface area contributed by atoms with Crippen LogP contribution >= 0.6 is 0 Å². The summed E-state index contributed by atoms with van der Waals surface area (Å²) < 4.78 is 16.9. The van der Waals surface area contributed by atoms with Crippen LogP contribution in [0.4, 0.5) is 10.1 Å². The van der Waals surface area contributed by atoms with Crippen LogP contribution in [0, 0.1) is 23.1 Å². The number of nitrogens with zero attached hydrogens (tertiary/aromatic N) is 2. The number of hydrogen-bond donors (Lipinski definition) is 2. The van der Waals surface area contributed by atoms with E-state index in [1.165, 1.54) is 56.9 Å². The Morgan fingerprint density at radius 1 is 1.18 bits per heavy atom. The molecular formula is C27H34FN3O3. The summed E-state index contributed by atoms with van der Waals surface area (Å²) in [5.74, 6) is -0.558. The highest BCUT2D eigenvalue weighted by Gasteiger charge is 2.49. The van der Waals surface area contributed by atoms with Crippen molar-refractivity contribution in [2.45, 2.75) is 83.6 Å². The Labute approximate surface area is 199 Å². The van der Waals surface area contributed by atoms with Crippen LogP contribution in [0.3, 0.4) is 0 Å². The first kappa shape index (κ1) is 23.1. The average molecular weight is 468 g/mol. The van der Waals surface area contributed by atoms with Gasteiger partial charge in [0.2, 0.25) is 5.91 Å². The molecule has 1 heterocycles. The number of nitrogens with one attached hydrogen (secondary N) is 1. The Hall–Kier alpha value is -2.70. The molecule has 182 valence electrons. The van der Waals surface area contributed by atoms with Crippen molar-refractivity contribution < 1.29 is 19.1 Å². The summed E-state index contributed by atoms with van der Waals surface area (Å²) in [4.78, 5) is 24.6. The van der Waals surface area contributed by atoms with Crippen molar-refractivity contribution in [1.82, 2.24) is 9.78 Å². The zero-order chi connectivity index (χ0) is 23.9. The molecule has 0 saturated heterocycles. The highest BCUT2D eigenvalue weighted by molar-refractivity contribution is 5.99. The predicted octanol–water partition coefficient (Wildman–Crippen LogP) is 6.44. The molecule has 2 N–H and O–H groups in total. The number of anilines is 1. The van der Waals surface area contributed by atoms with Crippen molar-refractivity contribution in [3.63, 3.8) is 0 Å². The number of rotatable bonds is 8. The third-order valence-electron chi connectivity index (χ3n) is 8.57. The lowest BCUT2D eigenvalue weighted by Crippen LogP contribution is -2.24. The van der Waals surface area contributed by atoms with Gasteiger partial charge >= 0.3 is 5.97 Å². The SMILES string of the molecule is CC1CCC(C2(CCC(=O)Nc3cc(F)c(-c4cnn(C5CCC5)c4)c(C(=O)O)c3)CC2)CC1. The first-order valence-corrected chi connectivity index (χ1v) is 12.8. The van der Waals surface area contributed by atoms with Gasteiger partial charge in [-0.1, -0.05) is 19.8 Å². The van der Waals surface area contributed by atoms with E-state index in [2.05, 4.69) is 17.3 Å². The van der Waals surface area contributed by atoms with Gasteiger partial charge in [-0.25, -0.2) is 9.18 Å². The Balaban J connectivity index is 1.26. The molecule has 6 nitrogen and oxygen atoms in total. The largest absolute Gasteiger partial charge is 0.478 e. The van der Waals surface area contributed by atoms with Crippen LogP contribution in [0.25, 0.3) is 11.1 Å². The molecule has 1 amide bonds. The van der Waals surface area contributed by atoms with Crippen molar-refractivity contribution in [3.8, 4) is 11.1 Å². The van der Waals surface area contributed by atoms with Gasteiger partial charge in [0.1, 0.15) is 5.82 Å². The lowest BCUT2D eigenvalue weighted by atomic mass is 9.73. The fourth-order valence-electron chi connectivity index (χ4n) is 5.94. The Kier molecular flexibility index (Phi) is 6.21. The second-order valence-corrected chi connectivity index (χ2v) is 10.8. The van der Waals surface area contributed by atoms with E-state index in [-0.39, 0.29) is 22.7 Å². The summed E-state index contributed by atoms with van der Waals surface area (Å²) in [5.41, 5.74) is 0.779. The van der Waals surface area contributed by atoms with Crippen molar-refractivity contribution in [3.05, 3.63) is 35.9 Å². The molecule has 0 spiro atoms. The average Bonchev–Trinajstić information content (AvgIpc) is 3.41. The van der Waals surface area contributed by atoms with Crippen molar-refractivity contribution in [2.24, 2.45) is 17.3 Å². The molecule has 0 unspecified atom stereocenters. The van der Waals surface area contributed by atoms with Crippen LogP contribution in [-0.4, -0.2) is 26.8 Å². The maximum atomic E-state index is 15.1. The monoisotopic (exact) mass is 467 g/mol. The van der Waals surface area contributed by atoms with Crippen LogP contribution in [0.15, 0.2) is 24.5 Å². The third-order valence-corrected chi connectivity index (χ3v) is 8.57. The minimum Gasteiger partial charge on any atom is -0.478 e. The quantitative estimate of drug-likeness (QED) is 0.468. The van der Waals surface area contributed by atoms with Gasteiger partial charge in [0.05, 0.1) is 17.8 Å². The molecular weight excluding hydrogens is 433 g/mol. The van der Waals surface area contributed by atoms with Gasteiger partial charge in [0, 0.05) is 29.4 Å². The molecule has 34 heavy (non-hydrogen) atoms. The number of carbonyl (C=O) groups is 2. The first-order chi connectivity index (χ1) is 16.3. The highest BCUT2D eigenvalue weighted by atomic mass is 19.1. The summed E-state index contributed by atoms with van der Waals surface area (Å²) in [6.07, 6.45) is 15.1. The molecule has 3 aliphatic carbocycles. The normalized spacial score (nSPS) is 23.8. The van der Waals surface area contributed by atoms with Crippen LogP contribution < -0.4 is 5.32 Å². The van der Waals surface area contributed by atoms with Gasteiger partial charge in [-0.15, -0.1) is 0 Å². The molecule has 2 aromatic rings. The van der Waals surface area contributed by atoms with Crippen molar-refractivity contribution in [1.29, 1.82) is 0 Å². The molecule has 1 aromatic carbocycles. The number of carboxylic acid groups (broad SMARTS) is 1. The van der Waals surface area contributed by atoms with E-state index in [4.69, 9.17) is 0 Å². The molecule has 3 fully saturated rings. The lowest BCUT2D eigenvalue weighted by Gasteiger charge is -2.33. The smallest absolute Gasteiger partial charge is 0.336 e. The number of carboxylic acids is 1. The second kappa shape index (κ2) is 9.16. The molecule has 0 radical (unpaired) electrons. The summed E-state index contributed by atoms with van der Waals surface area (Å²) in [7, 11) is 0. The standard InChI is InChI=1S/C27H34FN3O3/c1-17-5-7-19(8-6-17)27(11-12-27)10-9-24(32)30-20-13-22(26(33)34)25(23(28)14-20)18-15-29-31(16-18)21-3-2-4-21/h13-17,19,21H,2-12H2,1H3,(H,30,32)(H,33,34). The van der Waals surface area contributed by atoms with E-state index in [0.29, 0.717) is 29.4 Å². The number of amides is 1. The van der Waals surface area contributed by atoms with Gasteiger partial charge in [0.15, 0.2) is 0 Å². The van der Waals surface area contributed by atoms with Gasteiger partial charge in [-0.2, -0.15) is 5.10 Å². The van der Waals surface area contributed by atoms with E-state index in [1.807, 2.05) is 0 Å². The van der Waals surface area contributed by atoms with E-state index in [1.54, 1.807) is 10.9 Å². The lowest BCUT2D eigenvalue weighted by molar-refractivity contribution is -0.116. The minimum atomic E-state index is -1.23. The summed E-state index contributed by atoms with van der Waals surface area (Å²) >= 11 is 0. The van der Waals surface area contributed by atoms with Gasteiger partial charge in [-0.3, -0.25) is 9.48 Å². The van der Waals surface area contributed by atoms with Crippen LogP contribution in [0.5, 0.6) is 0 Å². The highest BCUT2D eigenvalue weighted by Crippen LogP contribution is 2.59. The molecule has 0 atom stereocenters. The molecule has 0 aliphatic heterocycles. The van der Waals surface area contributed by atoms with Crippen molar-refractivity contribution >= 4 is 17.6 Å². The summed E-state index contributed by atoms with van der Waals surface area (Å²) in [6, 6.07) is 2.88. The predicted molar refractivity (Wildman–Crippen MR) is 128 cm³/mol. The van der Waals surface area contributed by atoms with Crippen LogP contribution in [-0.2, 0) is 4.79 Å². The first-order valence-electron chi connectivity index (χ1n) is 12.8. The third kappa shape index (κ3) is 4.62. The van der Waals surface area contributed by atoms with E-state index in [9.17, 15) is 14.7 Å². The number of aromatic carboxylic acids is 1. The zero-order valence-corrected chi connectivity index (χ0v) is 19.9. The second-order valence-electron chi connectivity index (χ2n) is 10.8. The zero-order valence-electron chi connectivity index (χ0n) is 19.9. The van der Waals surface area contributed by atoms with Crippen LogP contribution in [0.2, 0.25) is 0 Å². The number of halogens is 1. The molecule has 0 bridgehead atoms. The molecule has 7 heteroatoms. The van der Waals surface area contributed by atoms with E-state index < -0.39 is 11.8 Å². The number of benzene rings is 1. The Morgan fingerprint density at radius 3 is 2.53 bits per heavy atom. The number of aromatic nitrogens is 2. The van der Waals surface area contributed by atoms with E-state index in [0.717, 1.165) is 31.6 Å². The molecule has 3 saturated carbocycles. The van der Waals surface area contributed by atoms with Gasteiger partial charge in [0.25, 0.3) is 0 Å². The topological polar surface area (TPSA) is 84.2 Å². The van der Waals surface area contributed by atoms with Crippen molar-refractivity contribution in [2.75, 3.05) is 5.32 Å². The number of carbonyl (C=O) groups excluding carboxylic acids is 1. The fourth-order valence-corrected chi connectivity index (χ4v) is 5.94. The summed E-state index contributed by atoms with van der Waals surface area (Å²) in [5, 5.41) is 16.8. The molecule has 3 aliphatic rings. The van der Waals surface area contributed by atoms with Crippen LogP contribution in [0.1, 0.15) is 94.0 Å². The van der Waals surface area contributed by atoms with Gasteiger partial charge in [-0.05, 0) is 80.8 Å². The summed E-state index contributed by atoms with van der Waals surface area (Å²) in [6.45, 7) is 2.32. The Morgan fingerprint density at radius 2 is 1.91 bits per heavy atom. The Bertz CT molecular complexity index is 1080. The maximum absolute atomic E-state index is 15.1. The van der Waals surface area contributed by atoms with Gasteiger partial charge < -0.3 is 10.4 Å². The van der Waals surface area contributed by atoms with E-state index >= 15 is 4.39 Å². The number of hydrogen-bond acceptors (Lipinski definition) is 3. The fraction of sp³-hybridized carbons (Fsp3) is 0.593. The molecule has 5 rings (SSSR count). The molecule has 1 aromatic heterocycles.